The second-order valence-corrected chi connectivity index (χ2v) is 3.35. The molecule has 7 heteroatoms. The van der Waals surface area contributed by atoms with E-state index >= 15 is 0 Å². The fourth-order valence-electron chi connectivity index (χ4n) is 0.870. The molecule has 0 aromatic carbocycles. The van der Waals surface area contributed by atoms with Gasteiger partial charge in [-0.2, -0.15) is 5.26 Å². The summed E-state index contributed by atoms with van der Waals surface area (Å²) in [6.07, 6.45) is -3.63. The molecule has 0 saturated heterocycles. The minimum atomic E-state index is -4.80. The highest BCUT2D eigenvalue weighted by atomic mass is 79.9. The second-order valence-electron chi connectivity index (χ2n) is 2.56. The molecule has 1 aromatic rings. The Bertz CT molecular complexity index is 425. The van der Waals surface area contributed by atoms with Gasteiger partial charge >= 0.3 is 6.36 Å². The first kappa shape index (κ1) is 11.8. The van der Waals surface area contributed by atoms with E-state index in [1.165, 1.54) is 13.1 Å². The smallest absolute Gasteiger partial charge is 0.403 e. The number of ether oxygens (including phenoxy) is 1. The van der Waals surface area contributed by atoms with Crippen LogP contribution in [-0.2, 0) is 0 Å². The monoisotopic (exact) mass is 280 g/mol. The summed E-state index contributed by atoms with van der Waals surface area (Å²) < 4.78 is 39.6. The zero-order chi connectivity index (χ0) is 11.6. The van der Waals surface area contributed by atoms with E-state index in [4.69, 9.17) is 5.26 Å². The van der Waals surface area contributed by atoms with E-state index in [-0.39, 0.29) is 15.7 Å². The fourth-order valence-corrected chi connectivity index (χ4v) is 1.43. The van der Waals surface area contributed by atoms with E-state index in [9.17, 15) is 13.2 Å². The summed E-state index contributed by atoms with van der Waals surface area (Å²) in [6.45, 7) is 1.35. The van der Waals surface area contributed by atoms with Crippen LogP contribution >= 0.6 is 15.9 Å². The molecule has 15 heavy (non-hydrogen) atoms. The van der Waals surface area contributed by atoms with Gasteiger partial charge in [0.2, 0.25) is 0 Å². The lowest BCUT2D eigenvalue weighted by atomic mass is 10.2. The Morgan fingerprint density at radius 2 is 2.13 bits per heavy atom. The van der Waals surface area contributed by atoms with Crippen LogP contribution in [0.15, 0.2) is 10.7 Å². The molecule has 0 spiro atoms. The molecule has 0 unspecified atom stereocenters. The van der Waals surface area contributed by atoms with Crippen LogP contribution in [0.25, 0.3) is 0 Å². The van der Waals surface area contributed by atoms with Crippen molar-refractivity contribution in [3.8, 4) is 11.8 Å². The van der Waals surface area contributed by atoms with Crippen LogP contribution in [0.2, 0.25) is 0 Å². The van der Waals surface area contributed by atoms with Crippen LogP contribution in [0.3, 0.4) is 0 Å². The molecule has 80 valence electrons. The first-order valence-electron chi connectivity index (χ1n) is 3.66. The van der Waals surface area contributed by atoms with Gasteiger partial charge < -0.3 is 4.74 Å². The average molecular weight is 281 g/mol. The number of nitriles is 1. The fraction of sp³-hybridized carbons (Fsp3) is 0.250. The van der Waals surface area contributed by atoms with Gasteiger partial charge in [-0.05, 0) is 22.9 Å². The number of pyridine rings is 1. The van der Waals surface area contributed by atoms with Crippen molar-refractivity contribution in [3.63, 3.8) is 0 Å². The Kier molecular flexibility index (Phi) is 3.19. The van der Waals surface area contributed by atoms with E-state index in [0.29, 0.717) is 0 Å². The van der Waals surface area contributed by atoms with Gasteiger partial charge in [-0.1, -0.05) is 0 Å². The molecule has 0 N–H and O–H groups in total. The third-order valence-corrected chi connectivity index (χ3v) is 2.28. The molecule has 1 rings (SSSR count). The summed E-state index contributed by atoms with van der Waals surface area (Å²) in [5.74, 6) is -0.485. The minimum absolute atomic E-state index is 0.0140. The van der Waals surface area contributed by atoms with Crippen LogP contribution in [0, 0.1) is 18.3 Å². The normalized spacial score (nSPS) is 10.9. The predicted molar refractivity (Wildman–Crippen MR) is 48.1 cm³/mol. The third kappa shape index (κ3) is 2.83. The Morgan fingerprint density at radius 1 is 1.53 bits per heavy atom. The molecular weight excluding hydrogens is 277 g/mol. The van der Waals surface area contributed by atoms with Gasteiger partial charge in [-0.15, -0.1) is 13.2 Å². The molecule has 0 atom stereocenters. The maximum absolute atomic E-state index is 12.0. The SMILES string of the molecule is Cc1ncc(C#N)c(Br)c1OC(F)(F)F. The van der Waals surface area contributed by atoms with Crippen molar-refractivity contribution >= 4 is 15.9 Å². The van der Waals surface area contributed by atoms with Gasteiger partial charge in [0.05, 0.1) is 15.7 Å². The second kappa shape index (κ2) is 4.06. The standard InChI is InChI=1S/C8H4BrF3N2O/c1-4-7(15-8(10,11)12)6(9)5(2-13)3-14-4/h3H,1H3. The highest BCUT2D eigenvalue weighted by Gasteiger charge is 2.33. The van der Waals surface area contributed by atoms with Crippen molar-refractivity contribution in [2.45, 2.75) is 13.3 Å². The molecule has 0 radical (unpaired) electrons. The molecule has 1 aromatic heterocycles. The van der Waals surface area contributed by atoms with E-state index in [2.05, 4.69) is 25.7 Å². The van der Waals surface area contributed by atoms with Gasteiger partial charge in [0, 0.05) is 6.20 Å². The molecule has 0 saturated carbocycles. The summed E-state index contributed by atoms with van der Waals surface area (Å²) in [5.41, 5.74) is 0.0399. The molecule has 1 heterocycles. The van der Waals surface area contributed by atoms with Crippen LogP contribution in [-0.4, -0.2) is 11.3 Å². The van der Waals surface area contributed by atoms with Gasteiger partial charge in [-0.25, -0.2) is 0 Å². The van der Waals surface area contributed by atoms with Crippen molar-refractivity contribution < 1.29 is 17.9 Å². The molecule has 0 amide bonds. The van der Waals surface area contributed by atoms with E-state index in [1.54, 1.807) is 6.07 Å². The van der Waals surface area contributed by atoms with E-state index in [0.717, 1.165) is 0 Å². The molecule has 0 fully saturated rings. The summed E-state index contributed by atoms with van der Waals surface area (Å²) in [6, 6.07) is 1.69. The molecule has 0 aliphatic carbocycles. The van der Waals surface area contributed by atoms with Crippen molar-refractivity contribution in [3.05, 3.63) is 21.9 Å². The predicted octanol–water partition coefficient (Wildman–Crippen LogP) is 2.92. The Balaban J connectivity index is 3.23. The number of hydrogen-bond donors (Lipinski definition) is 0. The Morgan fingerprint density at radius 3 is 2.60 bits per heavy atom. The molecule has 0 aliphatic heterocycles. The van der Waals surface area contributed by atoms with E-state index < -0.39 is 12.1 Å². The summed E-state index contributed by atoms with van der Waals surface area (Å²) in [7, 11) is 0. The lowest BCUT2D eigenvalue weighted by Gasteiger charge is -2.12. The number of rotatable bonds is 1. The molecular formula is C8H4BrF3N2O. The highest BCUT2D eigenvalue weighted by molar-refractivity contribution is 9.10. The number of alkyl halides is 3. The number of nitrogens with zero attached hydrogens (tertiary/aromatic N) is 2. The van der Waals surface area contributed by atoms with Gasteiger partial charge in [0.25, 0.3) is 0 Å². The maximum Gasteiger partial charge on any atom is 0.573 e. The Labute approximate surface area is 91.6 Å². The summed E-state index contributed by atoms with van der Waals surface area (Å²) in [4.78, 5) is 3.62. The largest absolute Gasteiger partial charge is 0.573 e. The molecule has 0 aliphatic rings. The highest BCUT2D eigenvalue weighted by Crippen LogP contribution is 2.34. The number of halogens is 4. The zero-order valence-corrected chi connectivity index (χ0v) is 8.98. The van der Waals surface area contributed by atoms with E-state index in [1.807, 2.05) is 0 Å². The Hall–Kier alpha value is -1.29. The minimum Gasteiger partial charge on any atom is -0.403 e. The number of aromatic nitrogens is 1. The van der Waals surface area contributed by atoms with Crippen molar-refractivity contribution in [1.82, 2.24) is 4.98 Å². The number of aryl methyl sites for hydroxylation is 1. The van der Waals surface area contributed by atoms with Crippen molar-refractivity contribution in [2.75, 3.05) is 0 Å². The summed E-state index contributed by atoms with van der Waals surface area (Å²) in [5, 5.41) is 8.58. The van der Waals surface area contributed by atoms with Crippen molar-refractivity contribution in [1.29, 1.82) is 5.26 Å². The van der Waals surface area contributed by atoms with Gasteiger partial charge in [0.15, 0.2) is 5.75 Å². The first-order valence-corrected chi connectivity index (χ1v) is 4.45. The van der Waals surface area contributed by atoms with Crippen LogP contribution in [0.4, 0.5) is 13.2 Å². The zero-order valence-electron chi connectivity index (χ0n) is 7.39. The lowest BCUT2D eigenvalue weighted by molar-refractivity contribution is -0.275. The summed E-state index contributed by atoms with van der Waals surface area (Å²) >= 11 is 2.86. The first-order chi connectivity index (χ1) is 6.85. The maximum atomic E-state index is 12.0. The topological polar surface area (TPSA) is 45.9 Å². The quantitative estimate of drug-likeness (QED) is 0.795. The molecule has 0 bridgehead atoms. The van der Waals surface area contributed by atoms with Gasteiger partial charge in [-0.3, -0.25) is 4.98 Å². The van der Waals surface area contributed by atoms with Crippen LogP contribution < -0.4 is 4.74 Å². The van der Waals surface area contributed by atoms with Gasteiger partial charge in [0.1, 0.15) is 6.07 Å². The number of hydrogen-bond acceptors (Lipinski definition) is 3. The molecule has 3 nitrogen and oxygen atoms in total. The lowest BCUT2D eigenvalue weighted by Crippen LogP contribution is -2.18. The van der Waals surface area contributed by atoms with Crippen LogP contribution in [0.1, 0.15) is 11.3 Å². The van der Waals surface area contributed by atoms with Crippen molar-refractivity contribution in [2.24, 2.45) is 0 Å². The third-order valence-electron chi connectivity index (χ3n) is 1.49. The average Bonchev–Trinajstić information content (AvgIpc) is 2.11. The van der Waals surface area contributed by atoms with Crippen LogP contribution in [0.5, 0.6) is 5.75 Å².